The maximum absolute atomic E-state index is 12.1. The number of carbonyl (C=O) groups is 1. The third-order valence-electron chi connectivity index (χ3n) is 4.29. The molecule has 6 heteroatoms. The van der Waals surface area contributed by atoms with E-state index in [1.807, 2.05) is 18.2 Å². The number of fused-ring (bicyclic) bond motifs is 1. The zero-order valence-electron chi connectivity index (χ0n) is 13.4. The monoisotopic (exact) mass is 324 g/mol. The summed E-state index contributed by atoms with van der Waals surface area (Å²) < 4.78 is 24.6. The third-order valence-corrected chi connectivity index (χ3v) is 6.12. The standard InChI is InChI=1S/C16H24N2O3S/c1-12-8-9-13-6-4-5-7-14(13)16(12)17-15(19)10-11-22(20,21)18(2)3/h4-7,12,16H,8-11H2,1-3H3,(H,17,19)/t12-,16+/m1/s1. The average molecular weight is 324 g/mol. The molecule has 0 saturated heterocycles. The molecule has 22 heavy (non-hydrogen) atoms. The van der Waals surface area contributed by atoms with Crippen molar-refractivity contribution in [2.45, 2.75) is 32.2 Å². The highest BCUT2D eigenvalue weighted by molar-refractivity contribution is 7.89. The Hall–Kier alpha value is -1.40. The normalized spacial score (nSPS) is 21.5. The van der Waals surface area contributed by atoms with Crippen molar-refractivity contribution >= 4 is 15.9 Å². The van der Waals surface area contributed by atoms with Crippen molar-refractivity contribution in [1.82, 2.24) is 9.62 Å². The lowest BCUT2D eigenvalue weighted by atomic mass is 9.80. The minimum Gasteiger partial charge on any atom is -0.349 e. The molecule has 0 aliphatic heterocycles. The van der Waals surface area contributed by atoms with Gasteiger partial charge in [-0.2, -0.15) is 0 Å². The minimum atomic E-state index is -3.34. The van der Waals surface area contributed by atoms with Gasteiger partial charge in [0.1, 0.15) is 0 Å². The fourth-order valence-electron chi connectivity index (χ4n) is 2.79. The molecule has 0 spiro atoms. The molecule has 0 bridgehead atoms. The predicted octanol–water partition coefficient (Wildman–Crippen LogP) is 1.71. The van der Waals surface area contributed by atoms with Crippen LogP contribution < -0.4 is 5.32 Å². The van der Waals surface area contributed by atoms with Gasteiger partial charge in [0.05, 0.1) is 11.8 Å². The molecular formula is C16H24N2O3S. The Morgan fingerprint density at radius 2 is 2.00 bits per heavy atom. The van der Waals surface area contributed by atoms with Crippen LogP contribution in [0.1, 0.15) is 36.9 Å². The Kier molecular flexibility index (Phi) is 5.24. The van der Waals surface area contributed by atoms with Crippen LogP contribution in [-0.4, -0.2) is 38.5 Å². The van der Waals surface area contributed by atoms with Crippen molar-refractivity contribution in [2.75, 3.05) is 19.8 Å². The van der Waals surface area contributed by atoms with E-state index in [-0.39, 0.29) is 24.1 Å². The van der Waals surface area contributed by atoms with Crippen LogP contribution in [-0.2, 0) is 21.2 Å². The Bertz CT molecular complexity index is 641. The fraction of sp³-hybridized carbons (Fsp3) is 0.562. The molecule has 1 aliphatic rings. The molecule has 0 aromatic heterocycles. The van der Waals surface area contributed by atoms with Gasteiger partial charge >= 0.3 is 0 Å². The summed E-state index contributed by atoms with van der Waals surface area (Å²) in [6, 6.07) is 8.10. The fourth-order valence-corrected chi connectivity index (χ4v) is 3.60. The van der Waals surface area contributed by atoms with E-state index >= 15 is 0 Å². The summed E-state index contributed by atoms with van der Waals surface area (Å²) in [4.78, 5) is 12.1. The Labute approximate surface area is 132 Å². The van der Waals surface area contributed by atoms with Crippen molar-refractivity contribution in [3.05, 3.63) is 35.4 Å². The summed E-state index contributed by atoms with van der Waals surface area (Å²) in [6.45, 7) is 2.12. The number of aryl methyl sites for hydroxylation is 1. The van der Waals surface area contributed by atoms with Gasteiger partial charge in [-0.3, -0.25) is 4.79 Å². The molecule has 0 heterocycles. The van der Waals surface area contributed by atoms with E-state index in [1.165, 1.54) is 19.7 Å². The van der Waals surface area contributed by atoms with Crippen molar-refractivity contribution in [3.8, 4) is 0 Å². The molecule has 1 aliphatic carbocycles. The third kappa shape index (κ3) is 3.87. The Balaban J connectivity index is 2.03. The molecule has 2 rings (SSSR count). The number of nitrogens with zero attached hydrogens (tertiary/aromatic N) is 1. The van der Waals surface area contributed by atoms with Crippen LogP contribution in [0.5, 0.6) is 0 Å². The van der Waals surface area contributed by atoms with E-state index in [9.17, 15) is 13.2 Å². The number of hydrogen-bond acceptors (Lipinski definition) is 3. The molecule has 0 radical (unpaired) electrons. The summed E-state index contributed by atoms with van der Waals surface area (Å²) >= 11 is 0. The SMILES string of the molecule is C[C@@H]1CCc2ccccc2[C@H]1NC(=O)CCS(=O)(=O)N(C)C. The Morgan fingerprint density at radius 3 is 2.68 bits per heavy atom. The van der Waals surface area contributed by atoms with Crippen LogP contribution in [0, 0.1) is 5.92 Å². The predicted molar refractivity (Wildman–Crippen MR) is 86.9 cm³/mol. The van der Waals surface area contributed by atoms with Crippen LogP contribution in [0.3, 0.4) is 0 Å². The van der Waals surface area contributed by atoms with E-state index in [0.717, 1.165) is 22.7 Å². The first-order valence-corrected chi connectivity index (χ1v) is 9.19. The average Bonchev–Trinajstić information content (AvgIpc) is 2.48. The molecule has 1 amide bonds. The smallest absolute Gasteiger partial charge is 0.221 e. The van der Waals surface area contributed by atoms with Gasteiger partial charge in [-0.1, -0.05) is 31.2 Å². The van der Waals surface area contributed by atoms with Crippen molar-refractivity contribution in [2.24, 2.45) is 5.92 Å². The van der Waals surface area contributed by atoms with Gasteiger partial charge in [-0.25, -0.2) is 12.7 Å². The number of sulfonamides is 1. The number of amides is 1. The first-order valence-electron chi connectivity index (χ1n) is 7.58. The zero-order valence-corrected chi connectivity index (χ0v) is 14.2. The molecule has 0 fully saturated rings. The summed E-state index contributed by atoms with van der Waals surface area (Å²) in [5.74, 6) is -0.0162. The zero-order chi connectivity index (χ0) is 16.3. The van der Waals surface area contributed by atoms with Gasteiger partial charge in [0.2, 0.25) is 15.9 Å². The number of nitrogens with one attached hydrogen (secondary N) is 1. The highest BCUT2D eigenvalue weighted by atomic mass is 32.2. The second-order valence-electron chi connectivity index (χ2n) is 6.11. The summed E-state index contributed by atoms with van der Waals surface area (Å²) in [5, 5.41) is 3.01. The number of benzene rings is 1. The van der Waals surface area contributed by atoms with Crippen LogP contribution in [0.2, 0.25) is 0 Å². The molecule has 5 nitrogen and oxygen atoms in total. The summed E-state index contributed by atoms with van der Waals surface area (Å²) in [5.41, 5.74) is 2.43. The second kappa shape index (κ2) is 6.79. The van der Waals surface area contributed by atoms with Gasteiger partial charge in [-0.05, 0) is 29.9 Å². The van der Waals surface area contributed by atoms with Crippen molar-refractivity contribution in [1.29, 1.82) is 0 Å². The highest BCUT2D eigenvalue weighted by Gasteiger charge is 2.28. The van der Waals surface area contributed by atoms with E-state index in [2.05, 4.69) is 18.3 Å². The van der Waals surface area contributed by atoms with Crippen molar-refractivity contribution < 1.29 is 13.2 Å². The van der Waals surface area contributed by atoms with Gasteiger partial charge in [-0.15, -0.1) is 0 Å². The topological polar surface area (TPSA) is 66.5 Å². The molecule has 1 aromatic carbocycles. The van der Waals surface area contributed by atoms with E-state index in [0.29, 0.717) is 5.92 Å². The van der Waals surface area contributed by atoms with Gasteiger partial charge in [0.15, 0.2) is 0 Å². The van der Waals surface area contributed by atoms with Gasteiger partial charge in [0, 0.05) is 20.5 Å². The number of rotatable bonds is 5. The first kappa shape index (κ1) is 17.0. The van der Waals surface area contributed by atoms with Gasteiger partial charge < -0.3 is 5.32 Å². The maximum Gasteiger partial charge on any atom is 0.221 e. The van der Waals surface area contributed by atoms with Gasteiger partial charge in [0.25, 0.3) is 0 Å². The molecule has 0 unspecified atom stereocenters. The van der Waals surface area contributed by atoms with Crippen LogP contribution >= 0.6 is 0 Å². The molecular weight excluding hydrogens is 300 g/mol. The first-order chi connectivity index (χ1) is 10.3. The molecule has 2 atom stereocenters. The quantitative estimate of drug-likeness (QED) is 0.896. The molecule has 1 aromatic rings. The van der Waals surface area contributed by atoms with Crippen LogP contribution in [0.25, 0.3) is 0 Å². The molecule has 0 saturated carbocycles. The van der Waals surface area contributed by atoms with E-state index in [1.54, 1.807) is 0 Å². The Morgan fingerprint density at radius 1 is 1.32 bits per heavy atom. The van der Waals surface area contributed by atoms with Crippen molar-refractivity contribution in [3.63, 3.8) is 0 Å². The molecule has 1 N–H and O–H groups in total. The second-order valence-corrected chi connectivity index (χ2v) is 8.41. The summed E-state index contributed by atoms with van der Waals surface area (Å²) in [7, 11) is -0.378. The summed E-state index contributed by atoms with van der Waals surface area (Å²) in [6.07, 6.45) is 2.04. The van der Waals surface area contributed by atoms with Crippen LogP contribution in [0.15, 0.2) is 24.3 Å². The maximum atomic E-state index is 12.1. The minimum absolute atomic E-state index is 0.00804. The lowest BCUT2D eigenvalue weighted by Crippen LogP contribution is -2.37. The lowest BCUT2D eigenvalue weighted by molar-refractivity contribution is -0.121. The highest BCUT2D eigenvalue weighted by Crippen LogP contribution is 2.34. The molecule has 122 valence electrons. The number of hydrogen-bond donors (Lipinski definition) is 1. The van der Waals surface area contributed by atoms with Crippen LogP contribution in [0.4, 0.5) is 0 Å². The largest absolute Gasteiger partial charge is 0.349 e. The number of carbonyl (C=O) groups excluding carboxylic acids is 1. The van der Waals surface area contributed by atoms with E-state index < -0.39 is 10.0 Å². The van der Waals surface area contributed by atoms with E-state index in [4.69, 9.17) is 0 Å². The lowest BCUT2D eigenvalue weighted by Gasteiger charge is -2.32.